The Morgan fingerprint density at radius 2 is 1.96 bits per heavy atom. The lowest BCUT2D eigenvalue weighted by Crippen LogP contribution is -2.32. The van der Waals surface area contributed by atoms with Gasteiger partial charge in [0.1, 0.15) is 5.75 Å². The molecule has 0 aromatic heterocycles. The highest BCUT2D eigenvalue weighted by atomic mass is 79.9. The van der Waals surface area contributed by atoms with Crippen LogP contribution in [0.3, 0.4) is 0 Å². The fourth-order valence-electron chi connectivity index (χ4n) is 1.76. The first-order valence-electron chi connectivity index (χ1n) is 6.73. The molecule has 8 heteroatoms. The molecule has 2 aromatic rings. The van der Waals surface area contributed by atoms with E-state index >= 15 is 0 Å². The molecule has 0 spiro atoms. The summed E-state index contributed by atoms with van der Waals surface area (Å²) in [7, 11) is 1.52. The Morgan fingerprint density at radius 1 is 1.21 bits per heavy atom. The Labute approximate surface area is 152 Å². The molecule has 0 aliphatic heterocycles. The highest BCUT2D eigenvalue weighted by molar-refractivity contribution is 9.10. The van der Waals surface area contributed by atoms with Crippen LogP contribution in [0.5, 0.6) is 5.75 Å². The van der Waals surface area contributed by atoms with Gasteiger partial charge in [-0.15, -0.1) is 0 Å². The van der Waals surface area contributed by atoms with Gasteiger partial charge in [0.2, 0.25) is 0 Å². The Hall–Kier alpha value is -2.38. The van der Waals surface area contributed by atoms with E-state index in [-0.39, 0.29) is 0 Å². The van der Waals surface area contributed by atoms with Crippen molar-refractivity contribution in [2.24, 2.45) is 5.10 Å². The van der Waals surface area contributed by atoms with Crippen molar-refractivity contribution in [3.05, 3.63) is 57.5 Å². The van der Waals surface area contributed by atoms with Crippen LogP contribution in [0, 0.1) is 0 Å². The number of amides is 2. The number of nitrogens with one attached hydrogen (secondary N) is 2. The SMILES string of the molecule is COc1ccc(Br)cc1/C=N/NC(=O)C(=O)Nc1ccccc1Cl. The molecule has 2 amide bonds. The molecule has 0 heterocycles. The summed E-state index contributed by atoms with van der Waals surface area (Å²) in [6.07, 6.45) is 1.38. The number of hydrazone groups is 1. The summed E-state index contributed by atoms with van der Waals surface area (Å²) < 4.78 is 6.01. The molecule has 0 aliphatic rings. The lowest BCUT2D eigenvalue weighted by Gasteiger charge is -2.06. The number of hydrogen-bond donors (Lipinski definition) is 2. The number of anilines is 1. The molecular formula is C16H13BrClN3O3. The summed E-state index contributed by atoms with van der Waals surface area (Å²) in [5.41, 5.74) is 3.13. The fourth-order valence-corrected chi connectivity index (χ4v) is 2.32. The number of halogens is 2. The number of nitrogens with zero attached hydrogens (tertiary/aromatic N) is 1. The molecule has 0 saturated carbocycles. The van der Waals surface area contributed by atoms with Crippen LogP contribution in [0.4, 0.5) is 5.69 Å². The first-order chi connectivity index (χ1) is 11.5. The van der Waals surface area contributed by atoms with Crippen LogP contribution in [0.2, 0.25) is 5.02 Å². The summed E-state index contributed by atoms with van der Waals surface area (Å²) in [5, 5.41) is 6.49. The lowest BCUT2D eigenvalue weighted by atomic mass is 10.2. The van der Waals surface area contributed by atoms with Crippen molar-refractivity contribution in [3.63, 3.8) is 0 Å². The van der Waals surface area contributed by atoms with Crippen molar-refractivity contribution in [2.75, 3.05) is 12.4 Å². The molecule has 2 rings (SSSR count). The average Bonchev–Trinajstić information content (AvgIpc) is 2.57. The minimum Gasteiger partial charge on any atom is -0.496 e. The van der Waals surface area contributed by atoms with Crippen molar-refractivity contribution in [1.82, 2.24) is 5.43 Å². The molecule has 2 aromatic carbocycles. The van der Waals surface area contributed by atoms with Crippen LogP contribution in [0.25, 0.3) is 0 Å². The number of carbonyl (C=O) groups excluding carboxylic acids is 2. The van der Waals surface area contributed by atoms with E-state index in [2.05, 4.69) is 31.8 Å². The maximum atomic E-state index is 11.8. The maximum absolute atomic E-state index is 11.8. The first-order valence-corrected chi connectivity index (χ1v) is 7.91. The highest BCUT2D eigenvalue weighted by Crippen LogP contribution is 2.21. The predicted molar refractivity (Wildman–Crippen MR) is 96.5 cm³/mol. The van der Waals surface area contributed by atoms with Gasteiger partial charge in [-0.25, -0.2) is 5.43 Å². The topological polar surface area (TPSA) is 79.8 Å². The van der Waals surface area contributed by atoms with Crippen LogP contribution in [-0.4, -0.2) is 25.1 Å². The summed E-state index contributed by atoms with van der Waals surface area (Å²) >= 11 is 9.24. The summed E-state index contributed by atoms with van der Waals surface area (Å²) in [4.78, 5) is 23.5. The average molecular weight is 411 g/mol. The van der Waals surface area contributed by atoms with Crippen LogP contribution >= 0.6 is 27.5 Å². The molecule has 0 radical (unpaired) electrons. The lowest BCUT2D eigenvalue weighted by molar-refractivity contribution is -0.136. The van der Waals surface area contributed by atoms with Gasteiger partial charge in [-0.3, -0.25) is 9.59 Å². The van der Waals surface area contributed by atoms with Crippen molar-refractivity contribution in [2.45, 2.75) is 0 Å². The number of ether oxygens (including phenoxy) is 1. The van der Waals surface area contributed by atoms with Crippen LogP contribution < -0.4 is 15.5 Å². The van der Waals surface area contributed by atoms with E-state index in [1.807, 2.05) is 6.07 Å². The maximum Gasteiger partial charge on any atom is 0.329 e. The van der Waals surface area contributed by atoms with Gasteiger partial charge in [0, 0.05) is 10.0 Å². The number of rotatable bonds is 4. The van der Waals surface area contributed by atoms with Crippen LogP contribution in [0.15, 0.2) is 52.0 Å². The van der Waals surface area contributed by atoms with E-state index in [4.69, 9.17) is 16.3 Å². The van der Waals surface area contributed by atoms with Gasteiger partial charge in [0.25, 0.3) is 0 Å². The number of hydrogen-bond acceptors (Lipinski definition) is 4. The summed E-state index contributed by atoms with van der Waals surface area (Å²) in [6, 6.07) is 11.9. The summed E-state index contributed by atoms with van der Waals surface area (Å²) in [6.45, 7) is 0. The van der Waals surface area contributed by atoms with Gasteiger partial charge < -0.3 is 10.1 Å². The molecule has 0 aliphatic carbocycles. The van der Waals surface area contributed by atoms with Gasteiger partial charge in [-0.2, -0.15) is 5.10 Å². The number of para-hydroxylation sites is 1. The fraction of sp³-hybridized carbons (Fsp3) is 0.0625. The second kappa shape index (κ2) is 8.47. The van der Waals surface area contributed by atoms with Gasteiger partial charge in [-0.05, 0) is 30.3 Å². The number of carbonyl (C=O) groups is 2. The third-order valence-corrected chi connectivity index (χ3v) is 3.71. The van der Waals surface area contributed by atoms with Crippen molar-refractivity contribution in [3.8, 4) is 5.75 Å². The zero-order chi connectivity index (χ0) is 17.5. The third-order valence-electron chi connectivity index (χ3n) is 2.89. The molecule has 2 N–H and O–H groups in total. The Morgan fingerprint density at radius 3 is 2.67 bits per heavy atom. The van der Waals surface area contributed by atoms with E-state index in [9.17, 15) is 9.59 Å². The first kappa shape index (κ1) is 18.0. The normalized spacial score (nSPS) is 10.5. The quantitative estimate of drug-likeness (QED) is 0.461. The van der Waals surface area contributed by atoms with Gasteiger partial charge in [0.15, 0.2) is 0 Å². The molecular weight excluding hydrogens is 398 g/mol. The predicted octanol–water partition coefficient (Wildman–Crippen LogP) is 3.20. The van der Waals surface area contributed by atoms with Crippen molar-refractivity contribution < 1.29 is 14.3 Å². The molecule has 124 valence electrons. The zero-order valence-corrected chi connectivity index (χ0v) is 14.9. The summed E-state index contributed by atoms with van der Waals surface area (Å²) in [5.74, 6) is -1.21. The van der Waals surface area contributed by atoms with Gasteiger partial charge in [0.05, 0.1) is 24.0 Å². The second-order valence-electron chi connectivity index (χ2n) is 4.52. The molecule has 0 saturated heterocycles. The monoisotopic (exact) mass is 409 g/mol. The van der Waals surface area contributed by atoms with Crippen molar-refractivity contribution >= 4 is 51.2 Å². The Kier molecular flexibility index (Phi) is 6.34. The van der Waals surface area contributed by atoms with E-state index in [1.165, 1.54) is 13.3 Å². The molecule has 6 nitrogen and oxygen atoms in total. The van der Waals surface area contributed by atoms with E-state index in [0.29, 0.717) is 22.0 Å². The minimum atomic E-state index is -0.917. The van der Waals surface area contributed by atoms with Crippen LogP contribution in [-0.2, 0) is 9.59 Å². The highest BCUT2D eigenvalue weighted by Gasteiger charge is 2.14. The Balaban J connectivity index is 1.99. The van der Waals surface area contributed by atoms with Gasteiger partial charge >= 0.3 is 11.8 Å². The zero-order valence-electron chi connectivity index (χ0n) is 12.5. The van der Waals surface area contributed by atoms with Crippen molar-refractivity contribution in [1.29, 1.82) is 0 Å². The number of methoxy groups -OCH3 is 1. The smallest absolute Gasteiger partial charge is 0.329 e. The Bertz CT molecular complexity index is 796. The second-order valence-corrected chi connectivity index (χ2v) is 5.84. The molecule has 0 unspecified atom stereocenters. The van der Waals surface area contributed by atoms with Gasteiger partial charge in [-0.1, -0.05) is 39.7 Å². The molecule has 0 fully saturated rings. The van der Waals surface area contributed by atoms with Crippen LogP contribution in [0.1, 0.15) is 5.56 Å². The molecule has 0 atom stereocenters. The van der Waals surface area contributed by atoms with E-state index in [0.717, 1.165) is 4.47 Å². The molecule has 24 heavy (non-hydrogen) atoms. The van der Waals surface area contributed by atoms with E-state index in [1.54, 1.807) is 36.4 Å². The van der Waals surface area contributed by atoms with E-state index < -0.39 is 11.8 Å². The largest absolute Gasteiger partial charge is 0.496 e. The standard InChI is InChI=1S/C16H13BrClN3O3/c1-24-14-7-6-11(17)8-10(14)9-19-21-16(23)15(22)20-13-5-3-2-4-12(13)18/h2-9H,1H3,(H,20,22)(H,21,23)/b19-9+. The number of benzene rings is 2. The minimum absolute atomic E-state index is 0.334. The molecule has 0 bridgehead atoms. The third kappa shape index (κ3) is 4.81.